The molecule has 0 saturated heterocycles. The number of hydrogen-bond acceptors (Lipinski definition) is 4. The fourth-order valence-electron chi connectivity index (χ4n) is 1.66. The Hall–Kier alpha value is -1.46. The van der Waals surface area contributed by atoms with Gasteiger partial charge in [0.1, 0.15) is 0 Å². The monoisotopic (exact) mass is 301 g/mol. The molecule has 6 heteroatoms. The van der Waals surface area contributed by atoms with E-state index in [9.17, 15) is 4.79 Å². The number of hydrogen-bond donors (Lipinski definition) is 1. The van der Waals surface area contributed by atoms with E-state index in [0.717, 1.165) is 6.42 Å². The first-order chi connectivity index (χ1) is 9.63. The van der Waals surface area contributed by atoms with Crippen LogP contribution in [0.5, 0.6) is 11.5 Å². The minimum absolute atomic E-state index is 0.204. The van der Waals surface area contributed by atoms with Crippen LogP contribution in [0, 0.1) is 0 Å². The van der Waals surface area contributed by atoms with Crippen LogP contribution in [0.2, 0.25) is 5.02 Å². The lowest BCUT2D eigenvalue weighted by atomic mass is 10.2. The fraction of sp³-hybridized carbons (Fsp3) is 0.500. The molecule has 0 aliphatic heterocycles. The minimum Gasteiger partial charge on any atom is -0.493 e. The van der Waals surface area contributed by atoms with Crippen molar-refractivity contribution in [3.8, 4) is 11.5 Å². The van der Waals surface area contributed by atoms with E-state index in [2.05, 4.69) is 5.32 Å². The summed E-state index contributed by atoms with van der Waals surface area (Å²) < 4.78 is 15.5. The second-order valence-electron chi connectivity index (χ2n) is 4.02. The van der Waals surface area contributed by atoms with Gasteiger partial charge in [0.25, 0.3) is 5.91 Å². The van der Waals surface area contributed by atoms with E-state index in [1.807, 2.05) is 6.92 Å². The minimum atomic E-state index is -0.204. The zero-order chi connectivity index (χ0) is 15.0. The van der Waals surface area contributed by atoms with E-state index < -0.39 is 0 Å². The lowest BCUT2D eigenvalue weighted by Gasteiger charge is -2.13. The van der Waals surface area contributed by atoms with Crippen molar-refractivity contribution in [2.45, 2.75) is 13.3 Å². The molecule has 1 aromatic carbocycles. The number of methoxy groups -OCH3 is 2. The third-order valence-electron chi connectivity index (χ3n) is 2.59. The highest BCUT2D eigenvalue weighted by Gasteiger charge is 2.15. The van der Waals surface area contributed by atoms with Gasteiger partial charge in [-0.1, -0.05) is 11.6 Å². The van der Waals surface area contributed by atoms with Gasteiger partial charge < -0.3 is 19.5 Å². The fourth-order valence-corrected chi connectivity index (χ4v) is 1.92. The number of amides is 1. The Bertz CT molecular complexity index is 451. The summed E-state index contributed by atoms with van der Waals surface area (Å²) >= 11 is 6.11. The Balaban J connectivity index is 2.80. The maximum absolute atomic E-state index is 12.0. The highest BCUT2D eigenvalue weighted by Crippen LogP contribution is 2.36. The Morgan fingerprint density at radius 2 is 2.10 bits per heavy atom. The number of halogens is 1. The molecule has 0 saturated carbocycles. The van der Waals surface area contributed by atoms with E-state index in [0.29, 0.717) is 41.8 Å². The summed E-state index contributed by atoms with van der Waals surface area (Å²) in [7, 11) is 3.13. The average Bonchev–Trinajstić information content (AvgIpc) is 2.45. The summed E-state index contributed by atoms with van der Waals surface area (Å²) in [6.45, 7) is 3.47. The second-order valence-corrected chi connectivity index (χ2v) is 4.43. The first kappa shape index (κ1) is 16.6. The van der Waals surface area contributed by atoms with Gasteiger partial charge in [0, 0.05) is 25.8 Å². The summed E-state index contributed by atoms with van der Waals surface area (Å²) in [6.07, 6.45) is 0.754. The van der Waals surface area contributed by atoms with E-state index in [1.165, 1.54) is 7.11 Å². The standard InChI is InChI=1S/C14H20ClNO4/c1-4-20-13-11(15)8-10(9-12(13)19-3)14(17)16-6-5-7-18-2/h8-9H,4-7H2,1-3H3,(H,16,17). The van der Waals surface area contributed by atoms with Gasteiger partial charge in [0.15, 0.2) is 11.5 Å². The number of carbonyl (C=O) groups is 1. The molecule has 1 N–H and O–H groups in total. The van der Waals surface area contributed by atoms with E-state index in [4.69, 9.17) is 25.8 Å². The molecule has 1 rings (SSSR count). The van der Waals surface area contributed by atoms with Crippen molar-refractivity contribution in [1.29, 1.82) is 0 Å². The molecule has 1 aromatic rings. The normalized spacial score (nSPS) is 10.2. The molecule has 0 fully saturated rings. The van der Waals surface area contributed by atoms with Crippen LogP contribution >= 0.6 is 11.6 Å². The van der Waals surface area contributed by atoms with Crippen LogP contribution < -0.4 is 14.8 Å². The van der Waals surface area contributed by atoms with E-state index in [-0.39, 0.29) is 5.91 Å². The second kappa shape index (κ2) is 8.66. The smallest absolute Gasteiger partial charge is 0.251 e. The predicted octanol–water partition coefficient (Wildman–Crippen LogP) is 2.51. The molecule has 0 atom stereocenters. The first-order valence-electron chi connectivity index (χ1n) is 6.41. The Morgan fingerprint density at radius 1 is 1.35 bits per heavy atom. The van der Waals surface area contributed by atoms with Crippen LogP contribution in [0.4, 0.5) is 0 Å². The lowest BCUT2D eigenvalue weighted by Crippen LogP contribution is -2.25. The molecule has 0 aliphatic carbocycles. The molecule has 0 radical (unpaired) electrons. The van der Waals surface area contributed by atoms with Crippen molar-refractivity contribution < 1.29 is 19.0 Å². The highest BCUT2D eigenvalue weighted by molar-refractivity contribution is 6.32. The number of benzene rings is 1. The van der Waals surface area contributed by atoms with Gasteiger partial charge >= 0.3 is 0 Å². The summed E-state index contributed by atoms with van der Waals surface area (Å²) in [5.74, 6) is 0.693. The molecule has 1 amide bonds. The van der Waals surface area contributed by atoms with Crippen molar-refractivity contribution in [2.75, 3.05) is 34.0 Å². The van der Waals surface area contributed by atoms with Crippen molar-refractivity contribution in [2.24, 2.45) is 0 Å². The van der Waals surface area contributed by atoms with Gasteiger partial charge in [-0.2, -0.15) is 0 Å². The summed E-state index contributed by atoms with van der Waals surface area (Å²) in [5, 5.41) is 3.14. The molecule has 0 bridgehead atoms. The average molecular weight is 302 g/mol. The first-order valence-corrected chi connectivity index (χ1v) is 6.79. The molecule has 0 heterocycles. The Morgan fingerprint density at radius 3 is 2.70 bits per heavy atom. The van der Waals surface area contributed by atoms with Crippen molar-refractivity contribution >= 4 is 17.5 Å². The van der Waals surface area contributed by atoms with Gasteiger partial charge in [0.2, 0.25) is 0 Å². The predicted molar refractivity (Wildman–Crippen MR) is 78.0 cm³/mol. The molecular formula is C14H20ClNO4. The third kappa shape index (κ3) is 4.58. The molecule has 112 valence electrons. The van der Waals surface area contributed by atoms with Crippen LogP contribution in [0.25, 0.3) is 0 Å². The molecule has 5 nitrogen and oxygen atoms in total. The Labute approximate surface area is 124 Å². The number of carbonyl (C=O) groups excluding carboxylic acids is 1. The SMILES string of the molecule is CCOc1c(Cl)cc(C(=O)NCCCOC)cc1OC. The zero-order valence-electron chi connectivity index (χ0n) is 12.0. The molecule has 0 unspecified atom stereocenters. The van der Waals surface area contributed by atoms with E-state index >= 15 is 0 Å². The van der Waals surface area contributed by atoms with Crippen molar-refractivity contribution in [1.82, 2.24) is 5.32 Å². The summed E-state index contributed by atoms with van der Waals surface area (Å²) in [5.41, 5.74) is 0.438. The third-order valence-corrected chi connectivity index (χ3v) is 2.87. The van der Waals surface area contributed by atoms with Crippen LogP contribution in [0.3, 0.4) is 0 Å². The number of nitrogens with one attached hydrogen (secondary N) is 1. The van der Waals surface area contributed by atoms with Gasteiger partial charge in [-0.25, -0.2) is 0 Å². The maximum atomic E-state index is 12.0. The molecule has 20 heavy (non-hydrogen) atoms. The molecule has 0 aliphatic rings. The topological polar surface area (TPSA) is 56.8 Å². The summed E-state index contributed by atoms with van der Waals surface area (Å²) in [6, 6.07) is 3.18. The van der Waals surface area contributed by atoms with Crippen molar-refractivity contribution in [3.05, 3.63) is 22.7 Å². The van der Waals surface area contributed by atoms with Crippen molar-refractivity contribution in [3.63, 3.8) is 0 Å². The molecule has 0 aromatic heterocycles. The highest BCUT2D eigenvalue weighted by atomic mass is 35.5. The van der Waals surface area contributed by atoms with Crippen LogP contribution in [-0.4, -0.2) is 39.9 Å². The van der Waals surface area contributed by atoms with Gasteiger partial charge in [-0.3, -0.25) is 4.79 Å². The lowest BCUT2D eigenvalue weighted by molar-refractivity contribution is 0.0948. The maximum Gasteiger partial charge on any atom is 0.251 e. The Kier molecular flexibility index (Phi) is 7.18. The molecular weight excluding hydrogens is 282 g/mol. The van der Waals surface area contributed by atoms with Crippen LogP contribution in [0.15, 0.2) is 12.1 Å². The molecule has 0 spiro atoms. The van der Waals surface area contributed by atoms with E-state index in [1.54, 1.807) is 19.2 Å². The van der Waals surface area contributed by atoms with Crippen LogP contribution in [-0.2, 0) is 4.74 Å². The van der Waals surface area contributed by atoms with Gasteiger partial charge in [0.05, 0.1) is 18.7 Å². The van der Waals surface area contributed by atoms with Gasteiger partial charge in [-0.05, 0) is 25.5 Å². The van der Waals surface area contributed by atoms with Crippen LogP contribution in [0.1, 0.15) is 23.7 Å². The number of ether oxygens (including phenoxy) is 3. The number of rotatable bonds is 8. The quantitative estimate of drug-likeness (QED) is 0.750. The van der Waals surface area contributed by atoms with Gasteiger partial charge in [-0.15, -0.1) is 0 Å². The largest absolute Gasteiger partial charge is 0.493 e. The summed E-state index contributed by atoms with van der Waals surface area (Å²) in [4.78, 5) is 12.0. The zero-order valence-corrected chi connectivity index (χ0v) is 12.8.